The molecule has 1 rings (SSSR count). The van der Waals surface area contributed by atoms with Crippen LogP contribution < -0.4 is 10.6 Å². The van der Waals surface area contributed by atoms with E-state index >= 15 is 0 Å². The molecule has 0 aliphatic heterocycles. The van der Waals surface area contributed by atoms with Gasteiger partial charge in [-0.05, 0) is 25.5 Å². The van der Waals surface area contributed by atoms with Gasteiger partial charge in [0.2, 0.25) is 5.91 Å². The lowest BCUT2D eigenvalue weighted by Crippen LogP contribution is -2.52. The Kier molecular flexibility index (Phi) is 13.0. The van der Waals surface area contributed by atoms with Gasteiger partial charge in [0.15, 0.2) is 0 Å². The summed E-state index contributed by atoms with van der Waals surface area (Å²) in [5.74, 6) is -0.698. The summed E-state index contributed by atoms with van der Waals surface area (Å²) < 4.78 is 0. The van der Waals surface area contributed by atoms with Gasteiger partial charge in [-0.15, -0.1) is 0 Å². The Morgan fingerprint density at radius 3 is 1.96 bits per heavy atom. The first kappa shape index (κ1) is 24.2. The topological polar surface area (TPSA) is 78.4 Å². The number of carbonyl (C=O) groups is 2. The highest BCUT2D eigenvalue weighted by molar-refractivity contribution is 5.97. The quantitative estimate of drug-likeness (QED) is 0.393. The van der Waals surface area contributed by atoms with Crippen LogP contribution in [0.2, 0.25) is 0 Å². The van der Waals surface area contributed by atoms with Gasteiger partial charge >= 0.3 is 0 Å². The molecular weight excluding hydrogens is 352 g/mol. The molecule has 28 heavy (non-hydrogen) atoms. The Balaban J connectivity index is 2.18. The number of benzene rings is 1. The lowest BCUT2D eigenvalue weighted by molar-refractivity contribution is -0.125. The van der Waals surface area contributed by atoms with Gasteiger partial charge in [-0.3, -0.25) is 9.59 Å². The van der Waals surface area contributed by atoms with E-state index in [1.54, 1.807) is 24.3 Å². The van der Waals surface area contributed by atoms with Gasteiger partial charge in [0.05, 0.1) is 6.10 Å². The third-order valence-corrected chi connectivity index (χ3v) is 4.92. The van der Waals surface area contributed by atoms with Crippen LogP contribution in [0.25, 0.3) is 0 Å². The average molecular weight is 391 g/mol. The zero-order valence-corrected chi connectivity index (χ0v) is 17.6. The molecule has 2 amide bonds. The molecule has 3 N–H and O–H groups in total. The van der Waals surface area contributed by atoms with Crippen molar-refractivity contribution in [2.45, 2.75) is 90.2 Å². The molecule has 158 valence electrons. The van der Waals surface area contributed by atoms with Crippen molar-refractivity contribution >= 4 is 11.8 Å². The van der Waals surface area contributed by atoms with Crippen LogP contribution in [0.3, 0.4) is 0 Å². The molecule has 0 aliphatic rings. The third kappa shape index (κ3) is 10.5. The largest absolute Gasteiger partial charge is 0.391 e. The third-order valence-electron chi connectivity index (χ3n) is 4.92. The first-order valence-electron chi connectivity index (χ1n) is 10.9. The Bertz CT molecular complexity index is 546. The van der Waals surface area contributed by atoms with Crippen molar-refractivity contribution in [3.63, 3.8) is 0 Å². The zero-order chi connectivity index (χ0) is 20.6. The lowest BCUT2D eigenvalue weighted by Gasteiger charge is -2.21. The molecule has 0 bridgehead atoms. The fourth-order valence-corrected chi connectivity index (χ4v) is 3.15. The maximum absolute atomic E-state index is 12.3. The van der Waals surface area contributed by atoms with Crippen molar-refractivity contribution in [2.24, 2.45) is 0 Å². The van der Waals surface area contributed by atoms with Crippen molar-refractivity contribution in [3.05, 3.63) is 35.9 Å². The van der Waals surface area contributed by atoms with E-state index in [1.807, 2.05) is 6.07 Å². The molecule has 0 radical (unpaired) electrons. The zero-order valence-electron chi connectivity index (χ0n) is 17.6. The fourth-order valence-electron chi connectivity index (χ4n) is 3.15. The fraction of sp³-hybridized carbons (Fsp3) is 0.652. The number of carbonyl (C=O) groups excluding carboxylic acids is 2. The normalized spacial score (nSPS) is 13.0. The van der Waals surface area contributed by atoms with Crippen LogP contribution in [0.15, 0.2) is 30.3 Å². The van der Waals surface area contributed by atoms with Gasteiger partial charge in [-0.1, -0.05) is 82.9 Å². The minimum atomic E-state index is -0.958. The van der Waals surface area contributed by atoms with Crippen LogP contribution >= 0.6 is 0 Å². The molecule has 0 aromatic heterocycles. The van der Waals surface area contributed by atoms with Gasteiger partial charge < -0.3 is 15.7 Å². The Morgan fingerprint density at radius 2 is 1.43 bits per heavy atom. The van der Waals surface area contributed by atoms with E-state index in [1.165, 1.54) is 58.3 Å². The molecule has 0 aliphatic carbocycles. The van der Waals surface area contributed by atoms with Gasteiger partial charge in [0.25, 0.3) is 5.91 Å². The number of unbranched alkanes of at least 4 members (excludes halogenated alkanes) is 9. The van der Waals surface area contributed by atoms with E-state index in [4.69, 9.17) is 0 Å². The van der Waals surface area contributed by atoms with Gasteiger partial charge in [0, 0.05) is 12.1 Å². The molecule has 0 heterocycles. The highest BCUT2D eigenvalue weighted by Crippen LogP contribution is 2.10. The number of aliphatic hydroxyl groups is 1. The van der Waals surface area contributed by atoms with Crippen LogP contribution in [-0.2, 0) is 4.79 Å². The maximum atomic E-state index is 12.3. The van der Waals surface area contributed by atoms with Crippen molar-refractivity contribution in [3.8, 4) is 0 Å². The van der Waals surface area contributed by atoms with Crippen molar-refractivity contribution in [1.82, 2.24) is 10.6 Å². The SMILES string of the molecule is CCCCCCCCCCCCNC(=O)[C@@H](NC(=O)c1ccccc1)[C@@H](C)O. The summed E-state index contributed by atoms with van der Waals surface area (Å²) in [6.07, 6.45) is 11.5. The number of nitrogens with one attached hydrogen (secondary N) is 2. The summed E-state index contributed by atoms with van der Waals surface area (Å²) in [7, 11) is 0. The van der Waals surface area contributed by atoms with Crippen LogP contribution in [0.1, 0.15) is 88.4 Å². The summed E-state index contributed by atoms with van der Waals surface area (Å²) in [6, 6.07) is 7.75. The van der Waals surface area contributed by atoms with E-state index in [0.29, 0.717) is 12.1 Å². The van der Waals surface area contributed by atoms with E-state index < -0.39 is 12.1 Å². The highest BCUT2D eigenvalue weighted by atomic mass is 16.3. The second-order valence-corrected chi connectivity index (χ2v) is 7.53. The standard InChI is InChI=1S/C23H38N2O3/c1-3-4-5-6-7-8-9-10-11-15-18-24-23(28)21(19(2)26)25-22(27)20-16-13-12-14-17-20/h12-14,16-17,19,21,26H,3-11,15,18H2,1-2H3,(H,24,28)(H,25,27)/t19-,21+/m1/s1. The van der Waals surface area contributed by atoms with E-state index in [-0.39, 0.29) is 11.8 Å². The number of aliphatic hydroxyl groups excluding tert-OH is 1. The van der Waals surface area contributed by atoms with Crippen LogP contribution in [0, 0.1) is 0 Å². The van der Waals surface area contributed by atoms with Crippen LogP contribution in [0.5, 0.6) is 0 Å². The lowest BCUT2D eigenvalue weighted by atomic mass is 10.1. The molecule has 0 fully saturated rings. The minimum absolute atomic E-state index is 0.338. The number of amides is 2. The van der Waals surface area contributed by atoms with E-state index in [0.717, 1.165) is 12.8 Å². The van der Waals surface area contributed by atoms with Gasteiger partial charge in [-0.25, -0.2) is 0 Å². The summed E-state index contributed by atoms with van der Waals surface area (Å²) in [5.41, 5.74) is 0.468. The molecule has 2 atom stereocenters. The molecule has 0 saturated carbocycles. The molecule has 0 saturated heterocycles. The van der Waals surface area contributed by atoms with Crippen LogP contribution in [0.4, 0.5) is 0 Å². The van der Waals surface area contributed by atoms with Gasteiger partial charge in [0.1, 0.15) is 6.04 Å². The first-order valence-corrected chi connectivity index (χ1v) is 10.9. The Morgan fingerprint density at radius 1 is 0.893 bits per heavy atom. The molecule has 0 unspecified atom stereocenters. The Hall–Kier alpha value is -1.88. The monoisotopic (exact) mass is 390 g/mol. The predicted molar refractivity (Wildman–Crippen MR) is 114 cm³/mol. The second kappa shape index (κ2) is 15.1. The predicted octanol–water partition coefficient (Wildman–Crippen LogP) is 4.20. The molecule has 0 spiro atoms. The van der Waals surface area contributed by atoms with Crippen LogP contribution in [-0.4, -0.2) is 35.6 Å². The average Bonchev–Trinajstić information content (AvgIpc) is 2.70. The number of rotatable bonds is 15. The first-order chi connectivity index (χ1) is 13.6. The molecule has 1 aromatic carbocycles. The molecule has 1 aromatic rings. The van der Waals surface area contributed by atoms with E-state index in [9.17, 15) is 14.7 Å². The second-order valence-electron chi connectivity index (χ2n) is 7.53. The number of hydrogen-bond donors (Lipinski definition) is 3. The van der Waals surface area contributed by atoms with Crippen molar-refractivity contribution in [2.75, 3.05) is 6.54 Å². The summed E-state index contributed by atoms with van der Waals surface area (Å²) in [4.78, 5) is 24.5. The van der Waals surface area contributed by atoms with Crippen molar-refractivity contribution < 1.29 is 14.7 Å². The number of hydrogen-bond acceptors (Lipinski definition) is 3. The molecule has 5 heteroatoms. The highest BCUT2D eigenvalue weighted by Gasteiger charge is 2.25. The smallest absolute Gasteiger partial charge is 0.252 e. The summed E-state index contributed by atoms with van der Waals surface area (Å²) in [6.45, 7) is 4.31. The minimum Gasteiger partial charge on any atom is -0.391 e. The van der Waals surface area contributed by atoms with E-state index in [2.05, 4.69) is 17.6 Å². The maximum Gasteiger partial charge on any atom is 0.252 e. The molecule has 5 nitrogen and oxygen atoms in total. The van der Waals surface area contributed by atoms with Crippen molar-refractivity contribution in [1.29, 1.82) is 0 Å². The Labute approximate surface area is 170 Å². The summed E-state index contributed by atoms with van der Waals surface area (Å²) >= 11 is 0. The molecular formula is C23H38N2O3. The summed E-state index contributed by atoms with van der Waals surface area (Å²) in [5, 5.41) is 15.3. The van der Waals surface area contributed by atoms with Gasteiger partial charge in [-0.2, -0.15) is 0 Å².